The molecule has 3 N–H and O–H groups in total. The fraction of sp³-hybridized carbons (Fsp3) is 0.412. The lowest BCUT2D eigenvalue weighted by Gasteiger charge is -2.12. The van der Waals surface area contributed by atoms with Crippen LogP contribution in [0.15, 0.2) is 35.5 Å². The minimum Gasteiger partial charge on any atom is -0.370 e. The van der Waals surface area contributed by atoms with Gasteiger partial charge >= 0.3 is 0 Å². The number of hydrogen-bond acceptors (Lipinski definition) is 5. The van der Waals surface area contributed by atoms with Gasteiger partial charge in [-0.05, 0) is 11.5 Å². The molecule has 0 bridgehead atoms. The van der Waals surface area contributed by atoms with Gasteiger partial charge in [-0.1, -0.05) is 49.0 Å². The number of hydrogen-bond donors (Lipinski definition) is 2. The molecule has 7 nitrogen and oxygen atoms in total. The zero-order chi connectivity index (χ0) is 18.2. The highest BCUT2D eigenvalue weighted by atomic mass is 32.2. The van der Waals surface area contributed by atoms with Gasteiger partial charge in [0, 0.05) is 26.4 Å². The third kappa shape index (κ3) is 5.90. The summed E-state index contributed by atoms with van der Waals surface area (Å²) >= 11 is 1.32. The Labute approximate surface area is 151 Å². The average molecular weight is 361 g/mol. The number of benzene rings is 1. The largest absolute Gasteiger partial charge is 0.370 e. The Bertz CT molecular complexity index is 717. The molecule has 134 valence electrons. The third-order valence-electron chi connectivity index (χ3n) is 3.83. The minimum absolute atomic E-state index is 0.0468. The number of amides is 2. The minimum atomic E-state index is -0.371. The first-order valence-electron chi connectivity index (χ1n) is 8.08. The summed E-state index contributed by atoms with van der Waals surface area (Å²) in [7, 11) is 1.81. The number of primary amides is 1. The van der Waals surface area contributed by atoms with Crippen LogP contribution in [0, 0.1) is 0 Å². The Morgan fingerprint density at radius 3 is 2.68 bits per heavy atom. The number of carbonyl (C=O) groups excluding carboxylic acids is 2. The van der Waals surface area contributed by atoms with Gasteiger partial charge in [0.2, 0.25) is 11.8 Å². The van der Waals surface area contributed by atoms with Crippen LogP contribution in [0.2, 0.25) is 0 Å². The quantitative estimate of drug-likeness (QED) is 0.654. The van der Waals surface area contributed by atoms with Crippen LogP contribution in [0.3, 0.4) is 0 Å². The lowest BCUT2D eigenvalue weighted by molar-refractivity contribution is -0.119. The van der Waals surface area contributed by atoms with Crippen molar-refractivity contribution in [1.82, 2.24) is 20.1 Å². The normalized spacial score (nSPS) is 11.9. The van der Waals surface area contributed by atoms with Crippen LogP contribution in [0.5, 0.6) is 0 Å². The van der Waals surface area contributed by atoms with Gasteiger partial charge < -0.3 is 15.6 Å². The maximum absolute atomic E-state index is 12.0. The number of carbonyl (C=O) groups is 2. The Hall–Kier alpha value is -2.35. The van der Waals surface area contributed by atoms with Crippen molar-refractivity contribution >= 4 is 23.6 Å². The highest BCUT2D eigenvalue weighted by Gasteiger charge is 2.13. The molecule has 0 saturated heterocycles. The van der Waals surface area contributed by atoms with Gasteiger partial charge in [0.15, 0.2) is 5.16 Å². The molecule has 2 rings (SSSR count). The Kier molecular flexibility index (Phi) is 7.00. The summed E-state index contributed by atoms with van der Waals surface area (Å²) in [5, 5.41) is 11.7. The zero-order valence-electron chi connectivity index (χ0n) is 14.4. The molecule has 0 aliphatic heterocycles. The number of rotatable bonds is 9. The number of aryl methyl sites for hydroxylation is 1. The van der Waals surface area contributed by atoms with Gasteiger partial charge in [-0.15, -0.1) is 10.2 Å². The van der Waals surface area contributed by atoms with E-state index in [1.165, 1.54) is 17.3 Å². The van der Waals surface area contributed by atoms with Crippen molar-refractivity contribution in [2.45, 2.75) is 30.8 Å². The fourth-order valence-corrected chi connectivity index (χ4v) is 3.03. The van der Waals surface area contributed by atoms with Crippen LogP contribution in [0.1, 0.15) is 30.7 Å². The molecule has 2 amide bonds. The monoisotopic (exact) mass is 361 g/mol. The van der Waals surface area contributed by atoms with Crippen LogP contribution in [0.4, 0.5) is 0 Å². The predicted octanol–water partition coefficient (Wildman–Crippen LogP) is 1.25. The predicted molar refractivity (Wildman–Crippen MR) is 97.1 cm³/mol. The van der Waals surface area contributed by atoms with Gasteiger partial charge in [-0.2, -0.15) is 0 Å². The summed E-state index contributed by atoms with van der Waals surface area (Å²) in [5.74, 6) is 0.784. The molecular formula is C17H23N5O2S. The molecular weight excluding hydrogens is 338 g/mol. The van der Waals surface area contributed by atoms with E-state index in [1.54, 1.807) is 4.57 Å². The van der Waals surface area contributed by atoms with Crippen molar-refractivity contribution in [3.05, 3.63) is 41.7 Å². The van der Waals surface area contributed by atoms with Crippen molar-refractivity contribution in [3.63, 3.8) is 0 Å². The zero-order valence-corrected chi connectivity index (χ0v) is 15.3. The van der Waals surface area contributed by atoms with E-state index in [-0.39, 0.29) is 29.9 Å². The lowest BCUT2D eigenvalue weighted by Crippen LogP contribution is -2.29. The van der Waals surface area contributed by atoms with E-state index in [4.69, 9.17) is 5.73 Å². The van der Waals surface area contributed by atoms with Crippen LogP contribution < -0.4 is 11.1 Å². The van der Waals surface area contributed by atoms with Gasteiger partial charge in [0.25, 0.3) is 0 Å². The van der Waals surface area contributed by atoms with Crippen LogP contribution >= 0.6 is 11.8 Å². The number of nitrogens with zero attached hydrogens (tertiary/aromatic N) is 3. The van der Waals surface area contributed by atoms with Gasteiger partial charge in [-0.3, -0.25) is 9.59 Å². The Morgan fingerprint density at radius 1 is 1.28 bits per heavy atom. The second-order valence-electron chi connectivity index (χ2n) is 5.83. The molecule has 0 radical (unpaired) electrons. The molecule has 0 aliphatic carbocycles. The molecule has 1 aromatic carbocycles. The van der Waals surface area contributed by atoms with Crippen LogP contribution in [-0.4, -0.2) is 38.9 Å². The summed E-state index contributed by atoms with van der Waals surface area (Å²) in [6.45, 7) is 2.67. The molecule has 0 unspecified atom stereocenters. The standard InChI is InChI=1S/C17H23N5O2S/c1-12(13-6-4-3-5-7-13)10-19-16(24)11-25-17-21-20-15(22(17)2)9-8-14(18)23/h3-7,12H,8-11H2,1-2H3,(H2,18,23)(H,19,24)/t12-/m0/s1. The molecule has 8 heteroatoms. The number of aromatic nitrogens is 3. The Morgan fingerprint density at radius 2 is 2.00 bits per heavy atom. The van der Waals surface area contributed by atoms with Gasteiger partial charge in [-0.25, -0.2) is 0 Å². The lowest BCUT2D eigenvalue weighted by atomic mass is 10.0. The highest BCUT2D eigenvalue weighted by molar-refractivity contribution is 7.99. The summed E-state index contributed by atoms with van der Waals surface area (Å²) in [6, 6.07) is 10.1. The van der Waals surface area contributed by atoms with Crippen molar-refractivity contribution in [1.29, 1.82) is 0 Å². The van der Waals surface area contributed by atoms with Crippen molar-refractivity contribution in [2.24, 2.45) is 12.8 Å². The van der Waals surface area contributed by atoms with E-state index in [0.717, 1.165) is 0 Å². The number of nitrogens with two attached hydrogens (primary N) is 1. The third-order valence-corrected chi connectivity index (χ3v) is 4.85. The molecule has 2 aromatic rings. The first-order valence-corrected chi connectivity index (χ1v) is 9.07. The first kappa shape index (κ1) is 19.0. The van der Waals surface area contributed by atoms with E-state index in [9.17, 15) is 9.59 Å². The molecule has 0 aliphatic rings. The molecule has 1 aromatic heterocycles. The van der Waals surface area contributed by atoms with E-state index in [0.29, 0.717) is 23.9 Å². The first-order chi connectivity index (χ1) is 12.0. The second kappa shape index (κ2) is 9.22. The SMILES string of the molecule is C[C@@H](CNC(=O)CSc1nnc(CCC(N)=O)n1C)c1ccccc1. The highest BCUT2D eigenvalue weighted by Crippen LogP contribution is 2.16. The molecule has 25 heavy (non-hydrogen) atoms. The topological polar surface area (TPSA) is 103 Å². The molecule has 1 heterocycles. The second-order valence-corrected chi connectivity index (χ2v) is 6.77. The van der Waals surface area contributed by atoms with Crippen molar-refractivity contribution < 1.29 is 9.59 Å². The van der Waals surface area contributed by atoms with E-state index >= 15 is 0 Å². The van der Waals surface area contributed by atoms with E-state index < -0.39 is 0 Å². The molecule has 0 fully saturated rings. The fourth-order valence-electron chi connectivity index (χ4n) is 2.27. The van der Waals surface area contributed by atoms with Gasteiger partial charge in [0.05, 0.1) is 5.75 Å². The van der Waals surface area contributed by atoms with Crippen molar-refractivity contribution in [2.75, 3.05) is 12.3 Å². The summed E-state index contributed by atoms with van der Waals surface area (Å²) in [6.07, 6.45) is 0.675. The molecule has 1 atom stereocenters. The molecule has 0 saturated carbocycles. The summed E-state index contributed by atoms with van der Waals surface area (Å²) in [4.78, 5) is 22.9. The number of thioether (sulfide) groups is 1. The average Bonchev–Trinajstić information content (AvgIpc) is 2.96. The maximum atomic E-state index is 12.0. The van der Waals surface area contributed by atoms with Gasteiger partial charge in [0.1, 0.15) is 5.82 Å². The maximum Gasteiger partial charge on any atom is 0.230 e. The van der Waals surface area contributed by atoms with Crippen molar-refractivity contribution in [3.8, 4) is 0 Å². The summed E-state index contributed by atoms with van der Waals surface area (Å²) < 4.78 is 1.79. The van der Waals surface area contributed by atoms with Crippen LogP contribution in [-0.2, 0) is 23.1 Å². The summed E-state index contributed by atoms with van der Waals surface area (Å²) in [5.41, 5.74) is 6.34. The van der Waals surface area contributed by atoms with Crippen LogP contribution in [0.25, 0.3) is 0 Å². The number of nitrogens with one attached hydrogen (secondary N) is 1. The van der Waals surface area contributed by atoms with E-state index in [2.05, 4.69) is 34.6 Å². The smallest absolute Gasteiger partial charge is 0.230 e. The molecule has 0 spiro atoms. The van der Waals surface area contributed by atoms with E-state index in [1.807, 2.05) is 25.2 Å². The Balaban J connectivity index is 1.77.